The fourth-order valence-electron chi connectivity index (χ4n) is 1.25. The highest BCUT2D eigenvalue weighted by Gasteiger charge is 2.00. The average Bonchev–Trinajstić information content (AvgIpc) is 2.20. The van der Waals surface area contributed by atoms with E-state index in [1.807, 2.05) is 0 Å². The normalized spacial score (nSPS) is 13.4. The van der Waals surface area contributed by atoms with Gasteiger partial charge in [0.1, 0.15) is 0 Å². The quantitative estimate of drug-likeness (QED) is 0.351. The van der Waals surface area contributed by atoms with Crippen LogP contribution in [0.15, 0.2) is 19.3 Å². The summed E-state index contributed by atoms with van der Waals surface area (Å²) in [5.74, 6) is 0. The van der Waals surface area contributed by atoms with Crippen molar-refractivity contribution in [1.29, 1.82) is 0 Å². The summed E-state index contributed by atoms with van der Waals surface area (Å²) in [4.78, 5) is 0. The SMILES string of the molecule is CCCC/C(I)=C(/C=C\I)CCCC. The van der Waals surface area contributed by atoms with E-state index in [2.05, 4.69) is 69.2 Å². The molecule has 0 radical (unpaired) electrons. The van der Waals surface area contributed by atoms with Gasteiger partial charge in [-0.1, -0.05) is 55.4 Å². The molecule has 0 amide bonds. The van der Waals surface area contributed by atoms with Crippen LogP contribution in [0.1, 0.15) is 52.4 Å². The van der Waals surface area contributed by atoms with Crippen LogP contribution in [0.3, 0.4) is 0 Å². The predicted molar refractivity (Wildman–Crippen MR) is 83.3 cm³/mol. The molecule has 0 aromatic rings. The van der Waals surface area contributed by atoms with Crippen LogP contribution in [0.4, 0.5) is 0 Å². The highest BCUT2D eigenvalue weighted by molar-refractivity contribution is 14.1. The van der Waals surface area contributed by atoms with Crippen LogP contribution in [0.5, 0.6) is 0 Å². The molecule has 0 unspecified atom stereocenters. The lowest BCUT2D eigenvalue weighted by molar-refractivity contribution is 0.776. The zero-order valence-corrected chi connectivity index (χ0v) is 13.5. The number of allylic oxidation sites excluding steroid dienone is 3. The van der Waals surface area contributed by atoms with Gasteiger partial charge in [0.05, 0.1) is 0 Å². The van der Waals surface area contributed by atoms with E-state index in [-0.39, 0.29) is 0 Å². The summed E-state index contributed by atoms with van der Waals surface area (Å²) in [5, 5.41) is 0. The van der Waals surface area contributed by atoms with Crippen LogP contribution in [-0.4, -0.2) is 0 Å². The number of hydrogen-bond acceptors (Lipinski definition) is 0. The summed E-state index contributed by atoms with van der Waals surface area (Å²) in [6.07, 6.45) is 10.00. The molecule has 0 bridgehead atoms. The van der Waals surface area contributed by atoms with Gasteiger partial charge in [-0.05, 0) is 61.5 Å². The van der Waals surface area contributed by atoms with Gasteiger partial charge in [0.2, 0.25) is 0 Å². The summed E-state index contributed by atoms with van der Waals surface area (Å²) in [7, 11) is 0. The van der Waals surface area contributed by atoms with Gasteiger partial charge in [-0.3, -0.25) is 0 Å². The second-order valence-electron chi connectivity index (χ2n) is 3.43. The first-order valence-corrected chi connectivity index (χ1v) is 7.72. The average molecular weight is 418 g/mol. The Morgan fingerprint density at radius 3 is 2.14 bits per heavy atom. The van der Waals surface area contributed by atoms with Gasteiger partial charge in [-0.15, -0.1) is 0 Å². The zero-order valence-electron chi connectivity index (χ0n) is 9.15. The molecule has 0 aliphatic rings. The van der Waals surface area contributed by atoms with E-state index >= 15 is 0 Å². The van der Waals surface area contributed by atoms with Crippen molar-refractivity contribution in [2.45, 2.75) is 52.4 Å². The van der Waals surface area contributed by atoms with Crippen molar-refractivity contribution in [3.05, 3.63) is 19.3 Å². The van der Waals surface area contributed by atoms with Crippen molar-refractivity contribution < 1.29 is 0 Å². The molecule has 0 saturated heterocycles. The first kappa shape index (κ1) is 14.9. The molecule has 0 heterocycles. The van der Waals surface area contributed by atoms with Gasteiger partial charge < -0.3 is 0 Å². The summed E-state index contributed by atoms with van der Waals surface area (Å²) in [6, 6.07) is 0. The molecule has 0 saturated carbocycles. The van der Waals surface area contributed by atoms with Gasteiger partial charge in [-0.25, -0.2) is 0 Å². The van der Waals surface area contributed by atoms with E-state index in [0.717, 1.165) is 0 Å². The summed E-state index contributed by atoms with van der Waals surface area (Å²) < 4.78 is 3.69. The monoisotopic (exact) mass is 418 g/mol. The van der Waals surface area contributed by atoms with Crippen molar-refractivity contribution in [3.63, 3.8) is 0 Å². The van der Waals surface area contributed by atoms with Gasteiger partial charge in [0.15, 0.2) is 0 Å². The van der Waals surface area contributed by atoms with Gasteiger partial charge in [0, 0.05) is 0 Å². The van der Waals surface area contributed by atoms with Crippen LogP contribution in [0.25, 0.3) is 0 Å². The summed E-state index contributed by atoms with van der Waals surface area (Å²) in [6.45, 7) is 4.51. The molecule has 0 aliphatic carbocycles. The van der Waals surface area contributed by atoms with E-state index < -0.39 is 0 Å². The Labute approximate surface area is 116 Å². The van der Waals surface area contributed by atoms with E-state index in [0.29, 0.717) is 0 Å². The lowest BCUT2D eigenvalue weighted by Gasteiger charge is -2.06. The number of halogens is 2. The third-order valence-electron chi connectivity index (χ3n) is 2.16. The third kappa shape index (κ3) is 7.26. The Morgan fingerprint density at radius 1 is 1.07 bits per heavy atom. The van der Waals surface area contributed by atoms with Crippen molar-refractivity contribution >= 4 is 45.2 Å². The molecule has 0 atom stereocenters. The maximum Gasteiger partial charge on any atom is -0.00619 e. The lowest BCUT2D eigenvalue weighted by Crippen LogP contribution is -1.85. The van der Waals surface area contributed by atoms with Crippen molar-refractivity contribution in [3.8, 4) is 0 Å². The van der Waals surface area contributed by atoms with Crippen LogP contribution in [-0.2, 0) is 0 Å². The van der Waals surface area contributed by atoms with E-state index in [9.17, 15) is 0 Å². The minimum absolute atomic E-state index is 1.25. The molecule has 82 valence electrons. The third-order valence-corrected chi connectivity index (χ3v) is 3.75. The van der Waals surface area contributed by atoms with Gasteiger partial charge >= 0.3 is 0 Å². The molecule has 0 aromatic carbocycles. The number of hydrogen-bond donors (Lipinski definition) is 0. The Balaban J connectivity index is 4.25. The molecular formula is C12H20I2. The summed E-state index contributed by atoms with van der Waals surface area (Å²) in [5.41, 5.74) is 1.55. The second-order valence-corrected chi connectivity index (χ2v) is 5.45. The van der Waals surface area contributed by atoms with E-state index in [4.69, 9.17) is 0 Å². The smallest absolute Gasteiger partial charge is 0.00619 e. The highest BCUT2D eigenvalue weighted by atomic mass is 127. The molecule has 2 heteroatoms. The van der Waals surface area contributed by atoms with Crippen LogP contribution in [0.2, 0.25) is 0 Å². The predicted octanol–water partition coefficient (Wildman–Crippen LogP) is 6.00. The standard InChI is InChI=1S/C12H20I2/c1-3-5-7-11(9-10-13)12(14)8-6-4-2/h9-10H,3-8H2,1-2H3/b10-9-,12-11-. The van der Waals surface area contributed by atoms with E-state index in [1.165, 1.54) is 38.5 Å². The van der Waals surface area contributed by atoms with Crippen LogP contribution >= 0.6 is 45.2 Å². The minimum atomic E-state index is 1.25. The highest BCUT2D eigenvalue weighted by Crippen LogP contribution is 2.24. The summed E-state index contributed by atoms with van der Waals surface area (Å²) >= 11 is 4.82. The van der Waals surface area contributed by atoms with Crippen molar-refractivity contribution in [2.24, 2.45) is 0 Å². The molecule has 0 nitrogen and oxygen atoms in total. The van der Waals surface area contributed by atoms with Crippen molar-refractivity contribution in [2.75, 3.05) is 0 Å². The van der Waals surface area contributed by atoms with E-state index in [1.54, 1.807) is 9.15 Å². The molecule has 0 fully saturated rings. The van der Waals surface area contributed by atoms with Crippen LogP contribution < -0.4 is 0 Å². The molecule has 0 N–H and O–H groups in total. The maximum absolute atomic E-state index is 2.51. The number of rotatable bonds is 7. The first-order chi connectivity index (χ1) is 6.76. The number of unbranched alkanes of at least 4 members (excludes halogenated alkanes) is 2. The molecule has 0 rings (SSSR count). The minimum Gasteiger partial charge on any atom is -0.0654 e. The topological polar surface area (TPSA) is 0 Å². The Morgan fingerprint density at radius 2 is 1.64 bits per heavy atom. The Bertz CT molecular complexity index is 192. The van der Waals surface area contributed by atoms with Crippen LogP contribution in [0, 0.1) is 0 Å². The van der Waals surface area contributed by atoms with Gasteiger partial charge in [-0.2, -0.15) is 0 Å². The molecule has 0 aliphatic heterocycles. The molecule has 0 spiro atoms. The fourth-order valence-corrected chi connectivity index (χ4v) is 2.51. The Hall–Kier alpha value is 0.940. The Kier molecular flexibility index (Phi) is 11.2. The van der Waals surface area contributed by atoms with Crippen molar-refractivity contribution in [1.82, 2.24) is 0 Å². The maximum atomic E-state index is 2.51. The molecular weight excluding hydrogens is 398 g/mol. The lowest BCUT2D eigenvalue weighted by atomic mass is 10.1. The first-order valence-electron chi connectivity index (χ1n) is 5.40. The second kappa shape index (κ2) is 10.5. The van der Waals surface area contributed by atoms with Gasteiger partial charge in [0.25, 0.3) is 0 Å². The zero-order chi connectivity index (χ0) is 10.8. The molecule has 0 aromatic heterocycles. The fraction of sp³-hybridized carbons (Fsp3) is 0.667. The largest absolute Gasteiger partial charge is 0.0654 e. The molecule has 14 heavy (non-hydrogen) atoms.